The van der Waals surface area contributed by atoms with Crippen LogP contribution in [-0.2, 0) is 16.4 Å². The molecule has 0 unspecified atom stereocenters. The van der Waals surface area contributed by atoms with Gasteiger partial charge in [-0.25, -0.2) is 8.42 Å². The van der Waals surface area contributed by atoms with Crippen LogP contribution in [0.15, 0.2) is 12.1 Å². The predicted molar refractivity (Wildman–Crippen MR) is 82.1 cm³/mol. The van der Waals surface area contributed by atoms with Crippen molar-refractivity contribution in [3.05, 3.63) is 17.7 Å². The van der Waals surface area contributed by atoms with Crippen molar-refractivity contribution in [1.29, 1.82) is 0 Å². The van der Waals surface area contributed by atoms with E-state index in [0.717, 1.165) is 5.56 Å². The van der Waals surface area contributed by atoms with E-state index in [0.29, 0.717) is 36.8 Å². The normalized spacial score (nSPS) is 11.2. The molecule has 1 aromatic rings. The minimum absolute atomic E-state index is 0.184. The maximum Gasteiger partial charge on any atom is 0.164 e. The summed E-state index contributed by atoms with van der Waals surface area (Å²) in [4.78, 5) is 0. The Hall–Kier alpha value is -1.47. The van der Waals surface area contributed by atoms with Crippen LogP contribution in [0.25, 0.3) is 0 Å². The lowest BCUT2D eigenvalue weighted by molar-refractivity contribution is 0.347. The van der Waals surface area contributed by atoms with Crippen molar-refractivity contribution in [2.75, 3.05) is 39.9 Å². The fraction of sp³-hybridized carbons (Fsp3) is 0.571. The highest BCUT2D eigenvalue weighted by atomic mass is 32.2. The van der Waals surface area contributed by atoms with Gasteiger partial charge in [-0.1, -0.05) is 0 Å². The van der Waals surface area contributed by atoms with Crippen LogP contribution in [0.2, 0.25) is 0 Å². The number of ether oxygens (including phenoxy) is 3. The molecule has 1 rings (SSSR count). The Bertz CT molecular complexity index is 557. The Kier molecular flexibility index (Phi) is 6.77. The highest BCUT2D eigenvalue weighted by Crippen LogP contribution is 2.34. The van der Waals surface area contributed by atoms with Crippen molar-refractivity contribution in [1.82, 2.24) is 5.32 Å². The maximum absolute atomic E-state index is 11.0. The number of nitrogens with one attached hydrogen (secondary N) is 1. The molecule has 1 N–H and O–H groups in total. The molecule has 1 aromatic carbocycles. The lowest BCUT2D eigenvalue weighted by Crippen LogP contribution is -2.18. The van der Waals surface area contributed by atoms with Crippen molar-refractivity contribution in [3.63, 3.8) is 0 Å². The summed E-state index contributed by atoms with van der Waals surface area (Å²) in [5.74, 6) is 2.12. The Balaban J connectivity index is 2.65. The van der Waals surface area contributed by atoms with Crippen molar-refractivity contribution in [2.45, 2.75) is 13.0 Å². The summed E-state index contributed by atoms with van der Waals surface area (Å²) < 4.78 is 37.9. The van der Waals surface area contributed by atoms with Gasteiger partial charge in [0.25, 0.3) is 0 Å². The van der Waals surface area contributed by atoms with Gasteiger partial charge in [-0.15, -0.1) is 0 Å². The Morgan fingerprint density at radius 2 is 1.57 bits per heavy atom. The van der Waals surface area contributed by atoms with Crippen LogP contribution < -0.4 is 19.5 Å². The molecule has 0 radical (unpaired) electrons. The number of methoxy groups -OCH3 is 3. The Morgan fingerprint density at radius 1 is 1.00 bits per heavy atom. The highest BCUT2D eigenvalue weighted by molar-refractivity contribution is 7.90. The average Bonchev–Trinajstić information content (AvgIpc) is 2.44. The summed E-state index contributed by atoms with van der Waals surface area (Å²) >= 11 is 0. The van der Waals surface area contributed by atoms with Gasteiger partial charge in [-0.3, -0.25) is 0 Å². The fourth-order valence-electron chi connectivity index (χ4n) is 1.91. The Morgan fingerprint density at radius 3 is 2.10 bits per heavy atom. The van der Waals surface area contributed by atoms with Crippen LogP contribution in [0.5, 0.6) is 17.2 Å². The van der Waals surface area contributed by atoms with E-state index in [-0.39, 0.29) is 5.75 Å². The van der Waals surface area contributed by atoms with Crippen LogP contribution in [0.4, 0.5) is 0 Å². The van der Waals surface area contributed by atoms with Gasteiger partial charge >= 0.3 is 0 Å². The van der Waals surface area contributed by atoms with E-state index in [1.807, 2.05) is 6.07 Å². The average molecular weight is 317 g/mol. The smallest absolute Gasteiger partial charge is 0.164 e. The van der Waals surface area contributed by atoms with Gasteiger partial charge in [0.2, 0.25) is 0 Å². The zero-order valence-corrected chi connectivity index (χ0v) is 13.7. The van der Waals surface area contributed by atoms with Crippen molar-refractivity contribution < 1.29 is 22.6 Å². The molecular weight excluding hydrogens is 294 g/mol. The molecule has 0 heterocycles. The SMILES string of the molecule is COc1cc(OC)c(OC)cc1CNCCCS(C)(=O)=O. The van der Waals surface area contributed by atoms with E-state index in [1.165, 1.54) is 6.26 Å². The van der Waals surface area contributed by atoms with Gasteiger partial charge < -0.3 is 19.5 Å². The topological polar surface area (TPSA) is 73.9 Å². The quantitative estimate of drug-likeness (QED) is 0.691. The molecule has 0 spiro atoms. The maximum atomic E-state index is 11.0. The summed E-state index contributed by atoms with van der Waals surface area (Å²) in [6.07, 6.45) is 1.82. The van der Waals surface area contributed by atoms with E-state index in [4.69, 9.17) is 14.2 Å². The summed E-state index contributed by atoms with van der Waals surface area (Å²) in [6, 6.07) is 3.62. The van der Waals surface area contributed by atoms with Gasteiger partial charge in [0.05, 0.1) is 27.1 Å². The third-order valence-electron chi connectivity index (χ3n) is 2.97. The minimum atomic E-state index is -2.90. The molecule has 0 amide bonds. The van der Waals surface area contributed by atoms with Gasteiger partial charge in [0, 0.05) is 24.4 Å². The first-order valence-corrected chi connectivity index (χ1v) is 8.64. The van der Waals surface area contributed by atoms with E-state index in [9.17, 15) is 8.42 Å². The molecule has 0 saturated heterocycles. The van der Waals surface area contributed by atoms with E-state index < -0.39 is 9.84 Å². The largest absolute Gasteiger partial charge is 0.496 e. The van der Waals surface area contributed by atoms with E-state index in [2.05, 4.69) is 5.32 Å². The van der Waals surface area contributed by atoms with Gasteiger partial charge in [0.15, 0.2) is 11.5 Å². The molecule has 0 aliphatic heterocycles. The molecule has 7 heteroatoms. The molecule has 0 aliphatic carbocycles. The monoisotopic (exact) mass is 317 g/mol. The van der Waals surface area contributed by atoms with Gasteiger partial charge in [-0.2, -0.15) is 0 Å². The summed E-state index contributed by atoms with van der Waals surface area (Å²) in [5.41, 5.74) is 0.925. The standard InChI is InChI=1S/C14H23NO5S/c1-18-12-9-14(20-3)13(19-2)8-11(12)10-15-6-5-7-21(4,16)17/h8-9,15H,5-7,10H2,1-4H3. The zero-order valence-electron chi connectivity index (χ0n) is 12.9. The minimum Gasteiger partial charge on any atom is -0.496 e. The second-order valence-electron chi connectivity index (χ2n) is 4.68. The first-order chi connectivity index (χ1) is 9.91. The molecule has 0 atom stereocenters. The second kappa shape index (κ2) is 8.09. The van der Waals surface area contributed by atoms with Crippen molar-refractivity contribution >= 4 is 9.84 Å². The van der Waals surface area contributed by atoms with Crippen molar-refractivity contribution in [2.24, 2.45) is 0 Å². The second-order valence-corrected chi connectivity index (χ2v) is 6.94. The number of hydrogen-bond donors (Lipinski definition) is 1. The number of rotatable bonds is 9. The van der Waals surface area contributed by atoms with Gasteiger partial charge in [0.1, 0.15) is 15.6 Å². The summed E-state index contributed by atoms with van der Waals surface area (Å²) in [7, 11) is 1.84. The Labute approximate surface area is 126 Å². The lowest BCUT2D eigenvalue weighted by Gasteiger charge is -2.14. The lowest BCUT2D eigenvalue weighted by atomic mass is 10.1. The van der Waals surface area contributed by atoms with Crippen LogP contribution >= 0.6 is 0 Å². The van der Waals surface area contributed by atoms with Crippen LogP contribution in [0, 0.1) is 0 Å². The number of hydrogen-bond acceptors (Lipinski definition) is 6. The molecule has 0 fully saturated rings. The molecular formula is C14H23NO5S. The molecule has 21 heavy (non-hydrogen) atoms. The summed E-state index contributed by atoms with van der Waals surface area (Å²) in [6.45, 7) is 1.18. The summed E-state index contributed by atoms with van der Waals surface area (Å²) in [5, 5.41) is 3.20. The first kappa shape index (κ1) is 17.6. The third kappa shape index (κ3) is 5.81. The number of sulfone groups is 1. The molecule has 0 saturated carbocycles. The van der Waals surface area contributed by atoms with E-state index >= 15 is 0 Å². The van der Waals surface area contributed by atoms with Crippen molar-refractivity contribution in [3.8, 4) is 17.2 Å². The van der Waals surface area contributed by atoms with Gasteiger partial charge in [-0.05, 0) is 19.0 Å². The molecule has 0 bridgehead atoms. The fourth-order valence-corrected chi connectivity index (χ4v) is 2.58. The first-order valence-electron chi connectivity index (χ1n) is 6.58. The van der Waals surface area contributed by atoms with Crippen LogP contribution in [0.3, 0.4) is 0 Å². The van der Waals surface area contributed by atoms with Crippen LogP contribution in [-0.4, -0.2) is 48.3 Å². The highest BCUT2D eigenvalue weighted by Gasteiger charge is 2.11. The predicted octanol–water partition coefficient (Wildman–Crippen LogP) is 1.24. The molecule has 0 aromatic heterocycles. The third-order valence-corrected chi connectivity index (χ3v) is 4.00. The number of benzene rings is 1. The molecule has 120 valence electrons. The molecule has 6 nitrogen and oxygen atoms in total. The van der Waals surface area contributed by atoms with E-state index in [1.54, 1.807) is 27.4 Å². The zero-order chi connectivity index (χ0) is 15.9. The molecule has 0 aliphatic rings. The van der Waals surface area contributed by atoms with Crippen LogP contribution in [0.1, 0.15) is 12.0 Å².